The van der Waals surface area contributed by atoms with Gasteiger partial charge in [0.15, 0.2) is 0 Å². The molecule has 3 rings (SSSR count). The van der Waals surface area contributed by atoms with Gasteiger partial charge in [0.25, 0.3) is 0 Å². The van der Waals surface area contributed by atoms with Crippen LogP contribution in [0.15, 0.2) is 52.2 Å². The zero-order chi connectivity index (χ0) is 19.6. The second-order valence-electron chi connectivity index (χ2n) is 6.64. The number of hydrogen-bond donors (Lipinski definition) is 1. The molecule has 1 heterocycles. The lowest BCUT2D eigenvalue weighted by Crippen LogP contribution is -2.28. The van der Waals surface area contributed by atoms with E-state index >= 15 is 0 Å². The third-order valence-corrected chi connectivity index (χ3v) is 6.99. The fourth-order valence-electron chi connectivity index (χ4n) is 3.09. The Hall–Kier alpha value is -1.96. The molecule has 1 atom stereocenters. The summed E-state index contributed by atoms with van der Waals surface area (Å²) in [6, 6.07) is 12.5. The van der Waals surface area contributed by atoms with Crippen LogP contribution in [-0.2, 0) is 16.6 Å². The molecule has 3 aromatic rings. The number of aryl methyl sites for hydroxylation is 2. The van der Waals surface area contributed by atoms with E-state index in [1.165, 1.54) is 0 Å². The van der Waals surface area contributed by atoms with E-state index in [4.69, 9.17) is 0 Å². The van der Waals surface area contributed by atoms with Gasteiger partial charge in [0.05, 0.1) is 15.1 Å². The van der Waals surface area contributed by atoms with Crippen molar-refractivity contribution in [3.63, 3.8) is 0 Å². The van der Waals surface area contributed by atoms with Crippen LogP contribution >= 0.6 is 11.3 Å². The van der Waals surface area contributed by atoms with Gasteiger partial charge in [-0.05, 0) is 43.5 Å². The van der Waals surface area contributed by atoms with Crippen LogP contribution in [0.4, 0.5) is 0 Å². The van der Waals surface area contributed by atoms with Crippen molar-refractivity contribution in [2.45, 2.75) is 51.1 Å². The van der Waals surface area contributed by atoms with Crippen LogP contribution in [0.5, 0.6) is 0 Å². The van der Waals surface area contributed by atoms with Gasteiger partial charge >= 0.3 is 4.87 Å². The minimum Gasteiger partial charge on any atom is -0.299 e. The Kier molecular flexibility index (Phi) is 5.83. The Morgan fingerprint density at radius 1 is 1.11 bits per heavy atom. The fourth-order valence-corrected chi connectivity index (χ4v) is 5.46. The average Bonchev–Trinajstić information content (AvgIpc) is 2.96. The molecule has 0 aliphatic rings. The van der Waals surface area contributed by atoms with E-state index in [0.29, 0.717) is 17.7 Å². The number of nitrogens with one attached hydrogen (secondary N) is 1. The van der Waals surface area contributed by atoms with Gasteiger partial charge in [-0.1, -0.05) is 55.0 Å². The number of rotatable bonds is 7. The summed E-state index contributed by atoms with van der Waals surface area (Å²) < 4.78 is 31.0. The van der Waals surface area contributed by atoms with Gasteiger partial charge in [-0.3, -0.25) is 9.36 Å². The summed E-state index contributed by atoms with van der Waals surface area (Å²) in [5.41, 5.74) is 2.86. The van der Waals surface area contributed by atoms with E-state index in [0.717, 1.165) is 34.4 Å². The third kappa shape index (κ3) is 4.15. The van der Waals surface area contributed by atoms with Crippen molar-refractivity contribution >= 4 is 31.6 Å². The molecule has 0 saturated heterocycles. The van der Waals surface area contributed by atoms with Crippen molar-refractivity contribution in [3.8, 4) is 0 Å². The second-order valence-corrected chi connectivity index (χ2v) is 9.35. The first-order valence-corrected chi connectivity index (χ1v) is 11.4. The Bertz CT molecular complexity index is 1100. The molecule has 0 fully saturated rings. The summed E-state index contributed by atoms with van der Waals surface area (Å²) in [5, 5.41) is 0. The molecule has 1 unspecified atom stereocenters. The molecule has 0 radical (unpaired) electrons. The standard InChI is InChI=1S/C20H24N2O3S2/c1-4-12-22-18-11-10-16(13-19(18)26-20(22)23)27(24,25)21-17(5-2)15-8-6-14(3)7-9-15/h6-11,13,17,21H,4-5,12H2,1-3H3. The molecular formula is C20H24N2O3S2. The predicted octanol–water partition coefficient (Wildman–Crippen LogP) is 4.21. The molecule has 144 valence electrons. The number of thiazole rings is 1. The first-order chi connectivity index (χ1) is 12.9. The van der Waals surface area contributed by atoms with Crippen molar-refractivity contribution in [1.29, 1.82) is 0 Å². The summed E-state index contributed by atoms with van der Waals surface area (Å²) in [5.74, 6) is 0. The Morgan fingerprint density at radius 3 is 2.44 bits per heavy atom. The highest BCUT2D eigenvalue weighted by Gasteiger charge is 2.21. The molecular weight excluding hydrogens is 380 g/mol. The largest absolute Gasteiger partial charge is 0.308 e. The van der Waals surface area contributed by atoms with E-state index in [1.54, 1.807) is 22.8 Å². The number of hydrogen-bond acceptors (Lipinski definition) is 4. The molecule has 1 aromatic heterocycles. The maximum Gasteiger partial charge on any atom is 0.308 e. The van der Waals surface area contributed by atoms with Crippen LogP contribution in [-0.4, -0.2) is 13.0 Å². The van der Waals surface area contributed by atoms with Crippen LogP contribution in [0.2, 0.25) is 0 Å². The number of sulfonamides is 1. The van der Waals surface area contributed by atoms with E-state index in [1.807, 2.05) is 45.0 Å². The van der Waals surface area contributed by atoms with E-state index < -0.39 is 10.0 Å². The second kappa shape index (κ2) is 7.96. The topological polar surface area (TPSA) is 68.2 Å². The van der Waals surface area contributed by atoms with Crippen molar-refractivity contribution in [3.05, 3.63) is 63.3 Å². The quantitative estimate of drug-likeness (QED) is 0.641. The molecule has 7 heteroatoms. The van der Waals surface area contributed by atoms with Crippen LogP contribution in [0.1, 0.15) is 43.9 Å². The molecule has 1 N–H and O–H groups in total. The molecule has 0 amide bonds. The van der Waals surface area contributed by atoms with Crippen molar-refractivity contribution in [2.24, 2.45) is 0 Å². The van der Waals surface area contributed by atoms with Crippen LogP contribution in [0.25, 0.3) is 10.2 Å². The van der Waals surface area contributed by atoms with Gasteiger partial charge in [0.1, 0.15) is 0 Å². The summed E-state index contributed by atoms with van der Waals surface area (Å²) in [4.78, 5) is 12.3. The molecule has 27 heavy (non-hydrogen) atoms. The zero-order valence-electron chi connectivity index (χ0n) is 15.7. The first kappa shape index (κ1) is 19.8. The number of fused-ring (bicyclic) bond motifs is 1. The van der Waals surface area contributed by atoms with Gasteiger partial charge < -0.3 is 0 Å². The van der Waals surface area contributed by atoms with Gasteiger partial charge in [-0.2, -0.15) is 0 Å². The minimum absolute atomic E-state index is 0.0551. The third-order valence-electron chi connectivity index (χ3n) is 4.58. The molecule has 5 nitrogen and oxygen atoms in total. The molecule has 0 aliphatic heterocycles. The molecule has 0 saturated carbocycles. The summed E-state index contributed by atoms with van der Waals surface area (Å²) in [7, 11) is -3.69. The Balaban J connectivity index is 1.94. The number of aromatic nitrogens is 1. The zero-order valence-corrected chi connectivity index (χ0v) is 17.4. The van der Waals surface area contributed by atoms with Crippen LogP contribution < -0.4 is 9.60 Å². The lowest BCUT2D eigenvalue weighted by molar-refractivity contribution is 0.550. The van der Waals surface area contributed by atoms with Gasteiger partial charge in [0.2, 0.25) is 10.0 Å². The van der Waals surface area contributed by atoms with E-state index in [9.17, 15) is 13.2 Å². The lowest BCUT2D eigenvalue weighted by Gasteiger charge is -2.18. The molecule has 2 aromatic carbocycles. The Labute approximate surface area is 163 Å². The maximum atomic E-state index is 12.9. The predicted molar refractivity (Wildman–Crippen MR) is 111 cm³/mol. The smallest absolute Gasteiger partial charge is 0.299 e. The van der Waals surface area contributed by atoms with E-state index in [-0.39, 0.29) is 15.8 Å². The van der Waals surface area contributed by atoms with Gasteiger partial charge in [0, 0.05) is 12.6 Å². The molecule has 0 bridgehead atoms. The SMILES string of the molecule is CCCn1c(=O)sc2cc(S(=O)(=O)NC(CC)c3ccc(C)cc3)ccc21. The maximum absolute atomic E-state index is 12.9. The average molecular weight is 405 g/mol. The van der Waals surface area contributed by atoms with Crippen molar-refractivity contribution < 1.29 is 8.42 Å². The normalized spacial score (nSPS) is 13.1. The number of benzene rings is 2. The van der Waals surface area contributed by atoms with E-state index in [2.05, 4.69) is 4.72 Å². The highest BCUT2D eigenvalue weighted by atomic mass is 32.2. The molecule has 0 aliphatic carbocycles. The Morgan fingerprint density at radius 2 is 1.81 bits per heavy atom. The van der Waals surface area contributed by atoms with Gasteiger partial charge in [-0.15, -0.1) is 0 Å². The van der Waals surface area contributed by atoms with Crippen LogP contribution in [0.3, 0.4) is 0 Å². The fraction of sp³-hybridized carbons (Fsp3) is 0.350. The monoisotopic (exact) mass is 404 g/mol. The minimum atomic E-state index is -3.69. The van der Waals surface area contributed by atoms with Crippen LogP contribution in [0, 0.1) is 6.92 Å². The van der Waals surface area contributed by atoms with Gasteiger partial charge in [-0.25, -0.2) is 13.1 Å². The molecule has 0 spiro atoms. The first-order valence-electron chi connectivity index (χ1n) is 9.08. The summed E-state index contributed by atoms with van der Waals surface area (Å²) in [6.45, 7) is 6.59. The van der Waals surface area contributed by atoms with Crippen molar-refractivity contribution in [2.75, 3.05) is 0 Å². The summed E-state index contributed by atoms with van der Waals surface area (Å²) >= 11 is 1.09. The van der Waals surface area contributed by atoms with Crippen molar-refractivity contribution in [1.82, 2.24) is 9.29 Å². The lowest BCUT2D eigenvalue weighted by atomic mass is 10.0. The summed E-state index contributed by atoms with van der Waals surface area (Å²) in [6.07, 6.45) is 1.49. The number of nitrogens with zero attached hydrogens (tertiary/aromatic N) is 1. The highest BCUT2D eigenvalue weighted by Crippen LogP contribution is 2.25. The highest BCUT2D eigenvalue weighted by molar-refractivity contribution is 7.89.